The number of anilines is 1. The van der Waals surface area contributed by atoms with Crippen LogP contribution in [0.15, 0.2) is 29.4 Å². The Kier molecular flexibility index (Phi) is 4.30. The fourth-order valence-corrected chi connectivity index (χ4v) is 2.19. The molecule has 0 spiro atoms. The van der Waals surface area contributed by atoms with Crippen LogP contribution in [0.1, 0.15) is 38.7 Å². The monoisotopic (exact) mass is 261 g/mol. The molecule has 1 aliphatic carbocycles. The molecule has 3 N–H and O–H groups in total. The van der Waals surface area contributed by atoms with Crippen LogP contribution in [-0.4, -0.2) is 23.6 Å². The van der Waals surface area contributed by atoms with Crippen LogP contribution in [0.5, 0.6) is 0 Å². The largest absolute Gasteiger partial charge is 0.409 e. The Morgan fingerprint density at radius 2 is 2.00 bits per heavy atom. The summed E-state index contributed by atoms with van der Waals surface area (Å²) in [6.45, 7) is 5.62. The molecule has 0 heterocycles. The Bertz CT molecular complexity index is 435. The van der Waals surface area contributed by atoms with E-state index in [-0.39, 0.29) is 5.84 Å². The molecule has 0 radical (unpaired) electrons. The average molecular weight is 261 g/mol. The van der Waals surface area contributed by atoms with E-state index in [9.17, 15) is 0 Å². The minimum atomic E-state index is 0.159. The topological polar surface area (TPSA) is 61.8 Å². The second-order valence-corrected chi connectivity index (χ2v) is 5.64. The van der Waals surface area contributed by atoms with Crippen LogP contribution < -0.4 is 10.6 Å². The van der Waals surface area contributed by atoms with Crippen LogP contribution >= 0.6 is 0 Å². The molecule has 0 atom stereocenters. The van der Waals surface area contributed by atoms with Crippen molar-refractivity contribution in [2.45, 2.75) is 39.2 Å². The second-order valence-electron chi connectivity index (χ2n) is 5.64. The van der Waals surface area contributed by atoms with E-state index in [0.717, 1.165) is 18.0 Å². The van der Waals surface area contributed by atoms with Crippen LogP contribution in [-0.2, 0) is 0 Å². The Morgan fingerprint density at radius 3 is 2.47 bits per heavy atom. The lowest BCUT2D eigenvalue weighted by Crippen LogP contribution is -2.27. The van der Waals surface area contributed by atoms with Gasteiger partial charge in [-0.15, -0.1) is 0 Å². The van der Waals surface area contributed by atoms with Crippen molar-refractivity contribution in [2.75, 3.05) is 11.4 Å². The van der Waals surface area contributed by atoms with Crippen LogP contribution in [0.3, 0.4) is 0 Å². The molecule has 1 fully saturated rings. The Morgan fingerprint density at radius 1 is 1.37 bits per heavy atom. The third kappa shape index (κ3) is 3.63. The van der Waals surface area contributed by atoms with Gasteiger partial charge in [0.2, 0.25) is 0 Å². The zero-order valence-electron chi connectivity index (χ0n) is 11.7. The highest BCUT2D eigenvalue weighted by Gasteiger charge is 2.28. The van der Waals surface area contributed by atoms with Crippen LogP contribution in [0.25, 0.3) is 0 Å². The van der Waals surface area contributed by atoms with Gasteiger partial charge in [-0.3, -0.25) is 0 Å². The molecule has 2 rings (SSSR count). The van der Waals surface area contributed by atoms with Gasteiger partial charge in [-0.25, -0.2) is 0 Å². The first-order valence-electron chi connectivity index (χ1n) is 6.96. The fraction of sp³-hybridized carbons (Fsp3) is 0.533. The molecule has 4 nitrogen and oxygen atoms in total. The first-order chi connectivity index (χ1) is 9.11. The summed E-state index contributed by atoms with van der Waals surface area (Å²) in [6, 6.07) is 8.65. The lowest BCUT2D eigenvalue weighted by molar-refractivity contribution is 0.318. The summed E-state index contributed by atoms with van der Waals surface area (Å²) < 4.78 is 0. The van der Waals surface area contributed by atoms with Crippen molar-refractivity contribution in [3.63, 3.8) is 0 Å². The standard InChI is InChI=1S/C15H23N3O/c1-11(2)9-10-18(14-7-8-14)13-5-3-12(4-6-13)15(16)17-19/h3-6,11,14,19H,7-10H2,1-2H3,(H2,16,17). The van der Waals surface area contributed by atoms with E-state index in [2.05, 4.69) is 36.0 Å². The first-order valence-corrected chi connectivity index (χ1v) is 6.96. The SMILES string of the molecule is CC(C)CCN(c1ccc(/C(N)=N/O)cc1)C1CC1. The normalized spacial score (nSPS) is 15.8. The van der Waals surface area contributed by atoms with Gasteiger partial charge in [-0.2, -0.15) is 0 Å². The number of benzene rings is 1. The van der Waals surface area contributed by atoms with Gasteiger partial charge in [0.15, 0.2) is 5.84 Å². The van der Waals surface area contributed by atoms with Gasteiger partial charge in [0.1, 0.15) is 0 Å². The third-order valence-corrected chi connectivity index (χ3v) is 3.54. The summed E-state index contributed by atoms with van der Waals surface area (Å²) in [5.41, 5.74) is 7.57. The highest BCUT2D eigenvalue weighted by atomic mass is 16.4. The summed E-state index contributed by atoms with van der Waals surface area (Å²) in [5.74, 6) is 0.879. The van der Waals surface area contributed by atoms with E-state index >= 15 is 0 Å². The summed E-state index contributed by atoms with van der Waals surface area (Å²) in [4.78, 5) is 2.48. The van der Waals surface area contributed by atoms with Crippen molar-refractivity contribution < 1.29 is 5.21 Å². The van der Waals surface area contributed by atoms with Gasteiger partial charge in [-0.1, -0.05) is 19.0 Å². The number of nitrogens with zero attached hydrogens (tertiary/aromatic N) is 2. The number of hydrogen-bond donors (Lipinski definition) is 2. The Labute approximate surface area is 114 Å². The smallest absolute Gasteiger partial charge is 0.170 e. The third-order valence-electron chi connectivity index (χ3n) is 3.54. The molecule has 1 aromatic carbocycles. The predicted octanol–water partition coefficient (Wildman–Crippen LogP) is 2.80. The van der Waals surface area contributed by atoms with E-state index in [1.54, 1.807) is 0 Å². The quantitative estimate of drug-likeness (QED) is 0.358. The molecule has 0 aromatic heterocycles. The maximum Gasteiger partial charge on any atom is 0.170 e. The molecule has 0 amide bonds. The number of nitrogens with two attached hydrogens (primary N) is 1. The van der Waals surface area contributed by atoms with E-state index < -0.39 is 0 Å². The predicted molar refractivity (Wildman–Crippen MR) is 78.8 cm³/mol. The second kappa shape index (κ2) is 5.95. The van der Waals surface area contributed by atoms with Crippen LogP contribution in [0, 0.1) is 5.92 Å². The zero-order valence-corrected chi connectivity index (χ0v) is 11.7. The molecular weight excluding hydrogens is 238 g/mol. The first kappa shape index (κ1) is 13.7. The van der Waals surface area contributed by atoms with Crippen molar-refractivity contribution in [1.29, 1.82) is 0 Å². The van der Waals surface area contributed by atoms with E-state index in [1.165, 1.54) is 24.9 Å². The van der Waals surface area contributed by atoms with E-state index in [0.29, 0.717) is 6.04 Å². The molecule has 1 saturated carbocycles. The van der Waals surface area contributed by atoms with Crippen LogP contribution in [0.2, 0.25) is 0 Å². The fourth-order valence-electron chi connectivity index (χ4n) is 2.19. The molecule has 0 aliphatic heterocycles. The molecule has 0 unspecified atom stereocenters. The van der Waals surface area contributed by atoms with Gasteiger partial charge in [0, 0.05) is 23.8 Å². The number of hydrogen-bond acceptors (Lipinski definition) is 3. The highest BCUT2D eigenvalue weighted by molar-refractivity contribution is 5.97. The zero-order chi connectivity index (χ0) is 13.8. The molecule has 0 saturated heterocycles. The number of oxime groups is 1. The van der Waals surface area contributed by atoms with Gasteiger partial charge in [-0.05, 0) is 49.4 Å². The molecule has 19 heavy (non-hydrogen) atoms. The highest BCUT2D eigenvalue weighted by Crippen LogP contribution is 2.32. The van der Waals surface area contributed by atoms with Crippen molar-refractivity contribution in [3.8, 4) is 0 Å². The summed E-state index contributed by atoms with van der Waals surface area (Å²) >= 11 is 0. The summed E-state index contributed by atoms with van der Waals surface area (Å²) in [5, 5.41) is 11.7. The van der Waals surface area contributed by atoms with Gasteiger partial charge in [0.25, 0.3) is 0 Å². The molecule has 0 bridgehead atoms. The maximum atomic E-state index is 8.66. The van der Waals surface area contributed by atoms with Crippen molar-refractivity contribution in [3.05, 3.63) is 29.8 Å². The maximum absolute atomic E-state index is 8.66. The number of amidine groups is 1. The molecule has 104 valence electrons. The Balaban J connectivity index is 2.09. The van der Waals surface area contributed by atoms with Gasteiger partial charge in [0.05, 0.1) is 0 Å². The van der Waals surface area contributed by atoms with Gasteiger partial charge < -0.3 is 15.8 Å². The van der Waals surface area contributed by atoms with Crippen molar-refractivity contribution >= 4 is 11.5 Å². The molecule has 4 heteroatoms. The average Bonchev–Trinajstić information content (AvgIpc) is 3.23. The molecule has 1 aliphatic rings. The van der Waals surface area contributed by atoms with E-state index in [4.69, 9.17) is 10.9 Å². The lowest BCUT2D eigenvalue weighted by atomic mass is 10.1. The van der Waals surface area contributed by atoms with Crippen molar-refractivity contribution in [1.82, 2.24) is 0 Å². The Hall–Kier alpha value is -1.71. The lowest BCUT2D eigenvalue weighted by Gasteiger charge is -2.25. The van der Waals surface area contributed by atoms with Crippen molar-refractivity contribution in [2.24, 2.45) is 16.8 Å². The van der Waals surface area contributed by atoms with Crippen LogP contribution in [0.4, 0.5) is 5.69 Å². The minimum Gasteiger partial charge on any atom is -0.409 e. The molecular formula is C15H23N3O. The minimum absolute atomic E-state index is 0.159. The van der Waals surface area contributed by atoms with E-state index in [1.807, 2.05) is 12.1 Å². The summed E-state index contributed by atoms with van der Waals surface area (Å²) in [7, 11) is 0. The molecule has 1 aromatic rings. The number of rotatable bonds is 6. The summed E-state index contributed by atoms with van der Waals surface area (Å²) in [6.07, 6.45) is 3.79. The van der Waals surface area contributed by atoms with Gasteiger partial charge >= 0.3 is 0 Å².